The maximum atomic E-state index is 12.5. The van der Waals surface area contributed by atoms with Gasteiger partial charge in [0.1, 0.15) is 6.54 Å². The largest absolute Gasteiger partial charge is 0.399 e. The van der Waals surface area contributed by atoms with Crippen molar-refractivity contribution in [1.29, 1.82) is 0 Å². The zero-order valence-electron chi connectivity index (χ0n) is 13.1. The normalized spacial score (nSPS) is 30.8. The molecule has 3 saturated heterocycles. The first-order chi connectivity index (χ1) is 11.5. The Morgan fingerprint density at radius 2 is 1.71 bits per heavy atom. The maximum Gasteiger partial charge on any atom is 0.240 e. The number of anilines is 1. The molecule has 3 aliphatic rings. The molecule has 0 aliphatic carbocycles. The Morgan fingerprint density at radius 1 is 1.12 bits per heavy atom. The van der Waals surface area contributed by atoms with Crippen LogP contribution >= 0.6 is 0 Å². The number of ether oxygens (including phenoxy) is 1. The van der Waals surface area contributed by atoms with Crippen molar-refractivity contribution in [1.82, 2.24) is 10.2 Å². The van der Waals surface area contributed by atoms with E-state index in [1.165, 1.54) is 0 Å². The molecule has 4 rings (SSSR count). The molecule has 24 heavy (non-hydrogen) atoms. The Kier molecular flexibility index (Phi) is 3.53. The quantitative estimate of drug-likeness (QED) is 0.600. The van der Waals surface area contributed by atoms with E-state index in [0.29, 0.717) is 12.2 Å². The number of hydrogen-bond acceptors (Lipinski definition) is 5. The van der Waals surface area contributed by atoms with Crippen LogP contribution in [-0.4, -0.2) is 41.4 Å². The molecule has 0 spiro atoms. The van der Waals surface area contributed by atoms with Gasteiger partial charge in [-0.15, -0.1) is 0 Å². The molecule has 126 valence electrons. The summed E-state index contributed by atoms with van der Waals surface area (Å²) < 4.78 is 5.67. The highest BCUT2D eigenvalue weighted by Crippen LogP contribution is 2.48. The van der Waals surface area contributed by atoms with Crippen LogP contribution in [0.1, 0.15) is 18.4 Å². The molecule has 3 amide bonds. The van der Waals surface area contributed by atoms with E-state index >= 15 is 0 Å². The number of likely N-dealkylation sites (tertiary alicyclic amines) is 1. The number of carbonyl (C=O) groups excluding carboxylic acids is 3. The van der Waals surface area contributed by atoms with E-state index in [2.05, 4.69) is 5.32 Å². The Morgan fingerprint density at radius 3 is 2.29 bits per heavy atom. The summed E-state index contributed by atoms with van der Waals surface area (Å²) in [6.07, 6.45) is 1.34. The fourth-order valence-corrected chi connectivity index (χ4v) is 3.97. The second kappa shape index (κ2) is 5.59. The summed E-state index contributed by atoms with van der Waals surface area (Å²) in [6.45, 7) is 0.107. The zero-order valence-corrected chi connectivity index (χ0v) is 13.1. The highest BCUT2D eigenvalue weighted by molar-refractivity contribution is 6.08. The number of nitrogens with zero attached hydrogens (tertiary/aromatic N) is 1. The molecular weight excluding hydrogens is 310 g/mol. The van der Waals surface area contributed by atoms with Crippen LogP contribution in [-0.2, 0) is 25.7 Å². The predicted octanol–water partition coefficient (Wildman–Crippen LogP) is 0.0474. The van der Waals surface area contributed by atoms with Gasteiger partial charge in [0, 0.05) is 12.2 Å². The summed E-state index contributed by atoms with van der Waals surface area (Å²) in [5.41, 5.74) is 7.17. The summed E-state index contributed by atoms with van der Waals surface area (Å²) in [4.78, 5) is 38.1. The van der Waals surface area contributed by atoms with E-state index in [1.54, 1.807) is 12.1 Å². The Labute approximate surface area is 139 Å². The van der Waals surface area contributed by atoms with Crippen molar-refractivity contribution in [3.8, 4) is 0 Å². The minimum absolute atomic E-state index is 0.153. The van der Waals surface area contributed by atoms with E-state index in [0.717, 1.165) is 23.3 Å². The lowest BCUT2D eigenvalue weighted by molar-refractivity contribution is -0.146. The first kappa shape index (κ1) is 15.1. The van der Waals surface area contributed by atoms with Crippen molar-refractivity contribution >= 4 is 23.4 Å². The topological polar surface area (TPSA) is 102 Å². The molecule has 7 heteroatoms. The first-order valence-electron chi connectivity index (χ1n) is 8.16. The van der Waals surface area contributed by atoms with Gasteiger partial charge in [-0.1, -0.05) is 12.1 Å². The van der Waals surface area contributed by atoms with Crippen LogP contribution in [0.4, 0.5) is 5.69 Å². The van der Waals surface area contributed by atoms with Crippen LogP contribution in [0, 0.1) is 11.8 Å². The van der Waals surface area contributed by atoms with E-state index in [1.807, 2.05) is 12.1 Å². The molecule has 1 aromatic rings. The third-order valence-electron chi connectivity index (χ3n) is 5.15. The average Bonchev–Trinajstić information content (AvgIpc) is 3.24. The van der Waals surface area contributed by atoms with Gasteiger partial charge in [-0.3, -0.25) is 19.3 Å². The molecule has 0 radical (unpaired) electrons. The fraction of sp³-hybridized carbons (Fsp3) is 0.471. The highest BCUT2D eigenvalue weighted by atomic mass is 16.5. The van der Waals surface area contributed by atoms with E-state index < -0.39 is 0 Å². The van der Waals surface area contributed by atoms with Gasteiger partial charge in [-0.05, 0) is 30.5 Å². The molecule has 1 aromatic carbocycles. The van der Waals surface area contributed by atoms with Crippen molar-refractivity contribution < 1.29 is 19.1 Å². The Hall–Kier alpha value is -2.41. The number of fused-ring (bicyclic) bond motifs is 5. The smallest absolute Gasteiger partial charge is 0.240 e. The maximum absolute atomic E-state index is 12.5. The standard InChI is InChI=1S/C17H19N3O4/c18-10-3-1-9(2-4-10)7-19-13(21)8-20-16(22)14-11-5-6-12(24-11)15(14)17(20)23/h1-4,11-12,14-15H,5-8,18H2,(H,19,21). The third kappa shape index (κ3) is 2.36. The number of nitrogens with one attached hydrogen (secondary N) is 1. The van der Waals surface area contributed by atoms with Gasteiger partial charge in [0.2, 0.25) is 17.7 Å². The lowest BCUT2D eigenvalue weighted by Crippen LogP contribution is -2.42. The number of nitrogens with two attached hydrogens (primary N) is 1. The molecule has 2 bridgehead atoms. The van der Waals surface area contributed by atoms with Crippen LogP contribution in [0.25, 0.3) is 0 Å². The number of imide groups is 1. The van der Waals surface area contributed by atoms with Crippen LogP contribution in [0.5, 0.6) is 0 Å². The van der Waals surface area contributed by atoms with Gasteiger partial charge in [-0.2, -0.15) is 0 Å². The molecule has 0 saturated carbocycles. The average molecular weight is 329 g/mol. The monoisotopic (exact) mass is 329 g/mol. The number of amides is 3. The van der Waals surface area contributed by atoms with E-state index in [9.17, 15) is 14.4 Å². The van der Waals surface area contributed by atoms with Crippen molar-refractivity contribution in [2.24, 2.45) is 11.8 Å². The Bertz CT molecular complexity index is 674. The van der Waals surface area contributed by atoms with E-state index in [-0.39, 0.29) is 48.3 Å². The summed E-state index contributed by atoms with van der Waals surface area (Å²) in [5, 5.41) is 2.73. The summed E-state index contributed by atoms with van der Waals surface area (Å²) >= 11 is 0. The zero-order chi connectivity index (χ0) is 16.8. The SMILES string of the molecule is Nc1ccc(CNC(=O)CN2C(=O)C3C4CCC(O4)C3C2=O)cc1. The molecule has 3 heterocycles. The van der Waals surface area contributed by atoms with Crippen LogP contribution in [0.15, 0.2) is 24.3 Å². The molecule has 4 atom stereocenters. The van der Waals surface area contributed by atoms with E-state index in [4.69, 9.17) is 10.5 Å². The lowest BCUT2D eigenvalue weighted by Gasteiger charge is -2.17. The number of nitrogen functional groups attached to an aromatic ring is 1. The minimum Gasteiger partial charge on any atom is -0.399 e. The molecular formula is C17H19N3O4. The van der Waals surface area contributed by atoms with Crippen molar-refractivity contribution in [2.75, 3.05) is 12.3 Å². The molecule has 7 nitrogen and oxygen atoms in total. The molecule has 3 fully saturated rings. The second-order valence-corrected chi connectivity index (χ2v) is 6.62. The highest BCUT2D eigenvalue weighted by Gasteiger charge is 2.62. The van der Waals surface area contributed by atoms with Crippen LogP contribution < -0.4 is 11.1 Å². The molecule has 4 unspecified atom stereocenters. The number of rotatable bonds is 4. The van der Waals surface area contributed by atoms with Gasteiger partial charge in [0.15, 0.2) is 0 Å². The third-order valence-corrected chi connectivity index (χ3v) is 5.15. The van der Waals surface area contributed by atoms with Crippen molar-refractivity contribution in [3.05, 3.63) is 29.8 Å². The Balaban J connectivity index is 1.37. The number of benzene rings is 1. The number of carbonyl (C=O) groups is 3. The van der Waals surface area contributed by atoms with Gasteiger partial charge in [0.05, 0.1) is 24.0 Å². The first-order valence-corrected chi connectivity index (χ1v) is 8.16. The summed E-state index contributed by atoms with van der Waals surface area (Å²) in [5.74, 6) is -1.65. The van der Waals surface area contributed by atoms with Crippen LogP contribution in [0.3, 0.4) is 0 Å². The van der Waals surface area contributed by atoms with Gasteiger partial charge >= 0.3 is 0 Å². The second-order valence-electron chi connectivity index (χ2n) is 6.62. The number of hydrogen-bond donors (Lipinski definition) is 2. The molecule has 0 aromatic heterocycles. The summed E-state index contributed by atoms with van der Waals surface area (Å²) in [6, 6.07) is 7.15. The van der Waals surface area contributed by atoms with Crippen molar-refractivity contribution in [3.63, 3.8) is 0 Å². The summed E-state index contributed by atoms with van der Waals surface area (Å²) in [7, 11) is 0. The molecule has 3 N–H and O–H groups in total. The van der Waals surface area contributed by atoms with Gasteiger partial charge in [-0.25, -0.2) is 0 Å². The molecule has 3 aliphatic heterocycles. The predicted molar refractivity (Wildman–Crippen MR) is 84.3 cm³/mol. The van der Waals surface area contributed by atoms with Crippen LogP contribution in [0.2, 0.25) is 0 Å². The lowest BCUT2D eigenvalue weighted by atomic mass is 9.81. The van der Waals surface area contributed by atoms with Gasteiger partial charge in [0.25, 0.3) is 0 Å². The fourth-order valence-electron chi connectivity index (χ4n) is 3.97. The van der Waals surface area contributed by atoms with Gasteiger partial charge < -0.3 is 15.8 Å². The van der Waals surface area contributed by atoms with Crippen molar-refractivity contribution in [2.45, 2.75) is 31.6 Å². The minimum atomic E-state index is -0.388.